The van der Waals surface area contributed by atoms with Gasteiger partial charge < -0.3 is 30.0 Å². The Balaban J connectivity index is 0.948. The van der Waals surface area contributed by atoms with E-state index < -0.39 is 30.2 Å². The monoisotopic (exact) mass is 938 g/mol. The lowest BCUT2D eigenvalue weighted by atomic mass is 9.73. The van der Waals surface area contributed by atoms with Crippen LogP contribution in [-0.4, -0.2) is 89.0 Å². The van der Waals surface area contributed by atoms with Gasteiger partial charge in [-0.3, -0.25) is 14.4 Å². The van der Waals surface area contributed by atoms with E-state index in [0.29, 0.717) is 36.5 Å². The number of ether oxygens (including phenoxy) is 2. The van der Waals surface area contributed by atoms with Crippen molar-refractivity contribution in [3.05, 3.63) is 88.9 Å². The van der Waals surface area contributed by atoms with E-state index in [0.717, 1.165) is 67.6 Å². The third kappa shape index (κ3) is 9.60. The van der Waals surface area contributed by atoms with Crippen molar-refractivity contribution in [3.63, 3.8) is 0 Å². The van der Waals surface area contributed by atoms with Crippen molar-refractivity contribution in [2.24, 2.45) is 39.1 Å². The van der Waals surface area contributed by atoms with Crippen molar-refractivity contribution in [2.45, 2.75) is 135 Å². The normalized spacial score (nSPS) is 23.7. The maximum absolute atomic E-state index is 14.0. The Morgan fingerprint density at radius 3 is 2.16 bits per heavy atom. The molecule has 9 rings (SSSR count). The van der Waals surface area contributed by atoms with E-state index in [4.69, 9.17) is 19.5 Å². The summed E-state index contributed by atoms with van der Waals surface area (Å²) in [4.78, 5) is 86.0. The van der Waals surface area contributed by atoms with Crippen LogP contribution in [0.25, 0.3) is 22.4 Å². The molecule has 1 spiro atoms. The van der Waals surface area contributed by atoms with Crippen LogP contribution in [0.15, 0.2) is 76.4 Å². The summed E-state index contributed by atoms with van der Waals surface area (Å²) in [6.07, 6.45) is 19.5. The van der Waals surface area contributed by atoms with Crippen molar-refractivity contribution in [1.29, 1.82) is 0 Å². The van der Waals surface area contributed by atoms with Crippen molar-refractivity contribution >= 4 is 41.3 Å². The van der Waals surface area contributed by atoms with E-state index in [1.54, 1.807) is 0 Å². The Hall–Kier alpha value is -6.18. The number of hydrogen-bond acceptors (Lipinski definition) is 9. The minimum absolute atomic E-state index is 0.0675. The SMILES string of the molecule is COC(=O)N[C@H](C(=O)C1CCCC[C@H]1C1=NC(=O)C2=CC(c3ccc(-c4ccc(-c5cnc(C6CCCCN6C(=O)[C@@H](NC(=O)OC)C(C)C)[nH]5)cc4)c4c3CC3(CCCC3)C4)C=CC2=N1)C(C)C. The molecular weight excluding hydrogens is 871 g/mol. The van der Waals surface area contributed by atoms with Gasteiger partial charge in [0.1, 0.15) is 17.7 Å². The Morgan fingerprint density at radius 1 is 0.783 bits per heavy atom. The number of methoxy groups -OCH3 is 2. The van der Waals surface area contributed by atoms with E-state index in [9.17, 15) is 24.0 Å². The fourth-order valence-electron chi connectivity index (χ4n) is 12.2. The van der Waals surface area contributed by atoms with E-state index >= 15 is 0 Å². The van der Waals surface area contributed by atoms with Crippen molar-refractivity contribution < 1.29 is 33.4 Å². The smallest absolute Gasteiger partial charge is 0.407 e. The van der Waals surface area contributed by atoms with E-state index in [1.807, 2.05) is 50.9 Å². The number of likely N-dealkylation sites (tertiary alicyclic amines) is 1. The highest BCUT2D eigenvalue weighted by Gasteiger charge is 2.44. The molecule has 2 aromatic carbocycles. The van der Waals surface area contributed by atoms with Gasteiger partial charge in [-0.2, -0.15) is 4.99 Å². The highest BCUT2D eigenvalue weighted by atomic mass is 16.5. The molecule has 4 aliphatic carbocycles. The predicted molar refractivity (Wildman–Crippen MR) is 265 cm³/mol. The van der Waals surface area contributed by atoms with Crippen molar-refractivity contribution in [3.8, 4) is 22.4 Å². The van der Waals surface area contributed by atoms with Gasteiger partial charge in [0.05, 0.1) is 49.5 Å². The molecule has 6 aliphatic rings. The molecule has 3 N–H and O–H groups in total. The lowest BCUT2D eigenvalue weighted by Crippen LogP contribution is -2.53. The number of carbonyl (C=O) groups excluding carboxylic acids is 5. The first-order valence-corrected chi connectivity index (χ1v) is 25.2. The summed E-state index contributed by atoms with van der Waals surface area (Å²) in [5.74, 6) is -0.475. The van der Waals surface area contributed by atoms with Crippen LogP contribution in [0, 0.1) is 29.1 Å². The minimum Gasteiger partial charge on any atom is -0.453 e. The first-order chi connectivity index (χ1) is 33.3. The number of nitrogens with one attached hydrogen (secondary N) is 3. The van der Waals surface area contributed by atoms with Gasteiger partial charge in [0.15, 0.2) is 5.78 Å². The number of fused-ring (bicyclic) bond motifs is 2. The highest BCUT2D eigenvalue weighted by Crippen LogP contribution is 2.53. The average Bonchev–Trinajstić information content (AvgIpc) is 4.14. The number of allylic oxidation sites excluding steroid dienone is 3. The number of alkyl carbamates (subject to hydrolysis) is 2. The molecule has 0 radical (unpaired) electrons. The average molecular weight is 938 g/mol. The minimum atomic E-state index is -0.712. The number of aromatic amines is 1. The number of piperidine rings is 1. The molecule has 2 aliphatic heterocycles. The molecule has 6 atom stereocenters. The molecule has 3 unspecified atom stereocenters. The summed E-state index contributed by atoms with van der Waals surface area (Å²) in [6, 6.07) is 11.5. The summed E-state index contributed by atoms with van der Waals surface area (Å²) in [6.45, 7) is 8.24. The quantitative estimate of drug-likeness (QED) is 0.160. The van der Waals surface area contributed by atoms with Crippen molar-refractivity contribution in [1.82, 2.24) is 25.5 Å². The molecule has 14 nitrogen and oxygen atoms in total. The predicted octanol–water partition coefficient (Wildman–Crippen LogP) is 9.55. The van der Waals surface area contributed by atoms with Crippen LogP contribution in [0.2, 0.25) is 0 Å². The van der Waals surface area contributed by atoms with Gasteiger partial charge in [-0.05, 0) is 114 Å². The molecule has 69 heavy (non-hydrogen) atoms. The molecule has 3 aromatic rings. The van der Waals surface area contributed by atoms with Crippen molar-refractivity contribution in [2.75, 3.05) is 20.8 Å². The van der Waals surface area contributed by atoms with Gasteiger partial charge in [0.2, 0.25) is 5.91 Å². The number of imidazole rings is 1. The maximum Gasteiger partial charge on any atom is 0.407 e. The topological polar surface area (TPSA) is 185 Å². The number of hydrogen-bond donors (Lipinski definition) is 3. The molecule has 0 bridgehead atoms. The van der Waals surface area contributed by atoms with E-state index in [-0.39, 0.29) is 52.7 Å². The van der Waals surface area contributed by atoms with Gasteiger partial charge in [-0.25, -0.2) is 19.6 Å². The Labute approximate surface area is 405 Å². The number of carbonyl (C=O) groups is 5. The van der Waals surface area contributed by atoms with Crippen LogP contribution in [0.4, 0.5) is 9.59 Å². The van der Waals surface area contributed by atoms with E-state index in [2.05, 4.69) is 63.1 Å². The van der Waals surface area contributed by atoms with Gasteiger partial charge in [0.25, 0.3) is 5.91 Å². The molecular formula is C55H67N7O7. The Bertz CT molecular complexity index is 2620. The molecule has 14 heteroatoms. The number of H-pyrrole nitrogens is 1. The van der Waals surface area contributed by atoms with Crippen LogP contribution in [0.1, 0.15) is 133 Å². The summed E-state index contributed by atoms with van der Waals surface area (Å²) in [5, 5.41) is 5.48. The molecule has 364 valence electrons. The van der Waals surface area contributed by atoms with Crippen LogP contribution >= 0.6 is 0 Å². The second-order valence-electron chi connectivity index (χ2n) is 20.9. The molecule has 1 aromatic heterocycles. The largest absolute Gasteiger partial charge is 0.453 e. The van der Waals surface area contributed by atoms with Gasteiger partial charge in [0, 0.05) is 24.3 Å². The number of nitrogens with zero attached hydrogens (tertiary/aromatic N) is 4. The lowest BCUT2D eigenvalue weighted by Gasteiger charge is -2.37. The lowest BCUT2D eigenvalue weighted by molar-refractivity contribution is -0.138. The second-order valence-corrected chi connectivity index (χ2v) is 20.9. The first-order valence-electron chi connectivity index (χ1n) is 25.2. The molecule has 3 fully saturated rings. The summed E-state index contributed by atoms with van der Waals surface area (Å²) < 4.78 is 9.66. The number of aliphatic imine (C=N–C) groups is 2. The standard InChI is InChI=1S/C55H67N7O7/c1-31(2)46(59-53(66)68-5)48(63)38-13-7-8-14-39(38)49-57-43-23-20-35(27-40(43)51(64)61-49)37-22-21-36(41-28-55(29-42(37)41)24-10-11-25-55)33-16-18-34(19-17-33)44-30-56-50(58-44)45-15-9-12-26-62(45)52(65)47(32(3)4)60-54(67)69-6/h16-23,27,30-32,35,38-39,45-47H,7-15,24-26,28-29H2,1-6H3,(H,56,58)(H,59,66)(H,60,67)/t35?,38?,39-,45?,46+,47+/m1/s1. The van der Waals surface area contributed by atoms with Crippen LogP contribution < -0.4 is 10.6 Å². The zero-order valence-corrected chi connectivity index (χ0v) is 40.9. The number of ketones is 1. The summed E-state index contributed by atoms with van der Waals surface area (Å²) >= 11 is 0. The number of amides is 4. The first kappa shape index (κ1) is 47.9. The van der Waals surface area contributed by atoms with Gasteiger partial charge >= 0.3 is 12.2 Å². The second kappa shape index (κ2) is 20.0. The zero-order chi connectivity index (χ0) is 48.6. The molecule has 2 saturated carbocycles. The number of Topliss-reactive ketones (excluding diaryl/α,β-unsaturated/α-hetero) is 1. The maximum atomic E-state index is 14.0. The fourth-order valence-corrected chi connectivity index (χ4v) is 12.2. The van der Waals surface area contributed by atoms with Gasteiger partial charge in [-0.15, -0.1) is 0 Å². The zero-order valence-electron chi connectivity index (χ0n) is 40.9. The summed E-state index contributed by atoms with van der Waals surface area (Å²) in [7, 11) is 2.59. The molecule has 1 saturated heterocycles. The molecule has 3 heterocycles. The van der Waals surface area contributed by atoms with E-state index in [1.165, 1.54) is 62.2 Å². The highest BCUT2D eigenvalue weighted by molar-refractivity contribution is 6.33. The van der Waals surface area contributed by atoms with Gasteiger partial charge in [-0.1, -0.05) is 102 Å². The number of aromatic nitrogens is 2. The summed E-state index contributed by atoms with van der Waals surface area (Å²) in [5.41, 5.74) is 9.59. The van der Waals surface area contributed by atoms with Crippen LogP contribution in [0.3, 0.4) is 0 Å². The number of amidine groups is 1. The van der Waals surface area contributed by atoms with Crippen LogP contribution in [-0.2, 0) is 36.7 Å². The third-order valence-electron chi connectivity index (χ3n) is 15.8. The number of rotatable bonds is 12. The van der Waals surface area contributed by atoms with Crippen LogP contribution in [0.5, 0.6) is 0 Å². The fraction of sp³-hybridized carbons (Fsp3) is 0.527. The third-order valence-corrected chi connectivity index (χ3v) is 15.8. The Morgan fingerprint density at radius 2 is 1.45 bits per heavy atom. The number of benzene rings is 2. The molecule has 4 amide bonds. The Kier molecular flexibility index (Phi) is 13.9.